The lowest BCUT2D eigenvalue weighted by molar-refractivity contribution is -0.140. The minimum absolute atomic E-state index is 0.168. The predicted octanol–water partition coefficient (Wildman–Crippen LogP) is 4.62. The molecule has 0 saturated carbocycles. The molecule has 1 atom stereocenters. The molecule has 3 aromatic carbocycles. The SMILES string of the molecule is Cc1cccc(C)c1N(CC(=O)N(Cc1ccccc1F)C(Cc1ccccc1)C(=O)NCC(C)C)S(C)(=O)=O. The second-order valence-electron chi connectivity index (χ2n) is 10.5. The van der Waals surface area contributed by atoms with Crippen molar-refractivity contribution in [2.45, 2.75) is 46.7 Å². The van der Waals surface area contributed by atoms with Gasteiger partial charge in [0.25, 0.3) is 0 Å². The molecule has 0 radical (unpaired) electrons. The Morgan fingerprint density at radius 2 is 1.50 bits per heavy atom. The number of nitrogens with one attached hydrogen (secondary N) is 1. The van der Waals surface area contributed by atoms with E-state index in [1.807, 2.05) is 50.2 Å². The predicted molar refractivity (Wildman–Crippen MR) is 157 cm³/mol. The zero-order valence-corrected chi connectivity index (χ0v) is 24.5. The van der Waals surface area contributed by atoms with Crippen LogP contribution >= 0.6 is 0 Å². The van der Waals surface area contributed by atoms with Crippen LogP contribution in [0.25, 0.3) is 0 Å². The summed E-state index contributed by atoms with van der Waals surface area (Å²) in [4.78, 5) is 29.0. The molecular formula is C31H38FN3O4S. The fourth-order valence-electron chi connectivity index (χ4n) is 4.56. The fraction of sp³-hybridized carbons (Fsp3) is 0.355. The van der Waals surface area contributed by atoms with Gasteiger partial charge in [-0.2, -0.15) is 0 Å². The van der Waals surface area contributed by atoms with E-state index in [9.17, 15) is 22.4 Å². The van der Waals surface area contributed by atoms with Gasteiger partial charge in [-0.05, 0) is 42.5 Å². The second kappa shape index (κ2) is 13.6. The number of rotatable bonds is 12. The summed E-state index contributed by atoms with van der Waals surface area (Å²) in [5, 5.41) is 2.91. The molecule has 7 nitrogen and oxygen atoms in total. The highest BCUT2D eigenvalue weighted by Gasteiger charge is 2.34. The van der Waals surface area contributed by atoms with Crippen LogP contribution in [0.5, 0.6) is 0 Å². The van der Waals surface area contributed by atoms with Gasteiger partial charge in [0.15, 0.2) is 0 Å². The van der Waals surface area contributed by atoms with Crippen molar-refractivity contribution in [1.82, 2.24) is 10.2 Å². The van der Waals surface area contributed by atoms with Crippen LogP contribution < -0.4 is 9.62 Å². The Labute approximate surface area is 237 Å². The average molecular weight is 568 g/mol. The standard InChI is InChI=1S/C31H38FN3O4S/c1-22(2)19-33-31(37)28(18-25-14-7-6-8-15-25)34(20-26-16-9-10-17-27(26)32)29(36)21-35(40(5,38)39)30-23(3)12-11-13-24(30)4/h6-17,22,28H,18-21H2,1-5H3,(H,33,37). The van der Waals surface area contributed by atoms with E-state index in [1.165, 1.54) is 11.0 Å². The lowest BCUT2D eigenvalue weighted by Crippen LogP contribution is -2.54. The van der Waals surface area contributed by atoms with Gasteiger partial charge in [-0.15, -0.1) is 0 Å². The van der Waals surface area contributed by atoms with Crippen LogP contribution in [0.4, 0.5) is 10.1 Å². The summed E-state index contributed by atoms with van der Waals surface area (Å²) in [7, 11) is -3.89. The molecule has 0 bridgehead atoms. The second-order valence-corrected chi connectivity index (χ2v) is 12.4. The van der Waals surface area contributed by atoms with Crippen molar-refractivity contribution in [3.63, 3.8) is 0 Å². The zero-order chi connectivity index (χ0) is 29.4. The van der Waals surface area contributed by atoms with Crippen molar-refractivity contribution in [1.29, 1.82) is 0 Å². The van der Waals surface area contributed by atoms with E-state index >= 15 is 0 Å². The summed E-state index contributed by atoms with van der Waals surface area (Å²) in [5.74, 6) is -1.35. The third-order valence-electron chi connectivity index (χ3n) is 6.62. The Bertz CT molecular complexity index is 1410. The maximum atomic E-state index is 14.8. The van der Waals surface area contributed by atoms with E-state index in [0.717, 1.165) is 16.1 Å². The van der Waals surface area contributed by atoms with Crippen molar-refractivity contribution in [2.75, 3.05) is 23.7 Å². The largest absolute Gasteiger partial charge is 0.354 e. The lowest BCUT2D eigenvalue weighted by atomic mass is 10.0. The van der Waals surface area contributed by atoms with Gasteiger partial charge >= 0.3 is 0 Å². The molecule has 1 unspecified atom stereocenters. The number of sulfonamides is 1. The van der Waals surface area contributed by atoms with Gasteiger partial charge in [-0.1, -0.05) is 80.6 Å². The number of nitrogens with zero attached hydrogens (tertiary/aromatic N) is 2. The van der Waals surface area contributed by atoms with Gasteiger partial charge in [0.1, 0.15) is 18.4 Å². The van der Waals surface area contributed by atoms with Gasteiger partial charge in [0, 0.05) is 25.1 Å². The van der Waals surface area contributed by atoms with Crippen LogP contribution in [0.15, 0.2) is 72.8 Å². The maximum Gasteiger partial charge on any atom is 0.244 e. The number of hydrogen-bond acceptors (Lipinski definition) is 4. The average Bonchev–Trinajstić information content (AvgIpc) is 2.89. The summed E-state index contributed by atoms with van der Waals surface area (Å²) in [6, 6.07) is 19.7. The van der Waals surface area contributed by atoms with Gasteiger partial charge < -0.3 is 10.2 Å². The number of carbonyl (C=O) groups excluding carboxylic acids is 2. The molecule has 2 amide bonds. The minimum Gasteiger partial charge on any atom is -0.354 e. The topological polar surface area (TPSA) is 86.8 Å². The molecule has 0 aromatic heterocycles. The first-order valence-electron chi connectivity index (χ1n) is 13.3. The van der Waals surface area contributed by atoms with Gasteiger partial charge in [-0.25, -0.2) is 12.8 Å². The van der Waals surface area contributed by atoms with Crippen LogP contribution in [-0.2, 0) is 32.6 Å². The van der Waals surface area contributed by atoms with Gasteiger partial charge in [0.2, 0.25) is 21.8 Å². The van der Waals surface area contributed by atoms with Crippen LogP contribution in [-0.4, -0.2) is 50.5 Å². The van der Waals surface area contributed by atoms with E-state index < -0.39 is 34.3 Å². The number of halogens is 1. The number of hydrogen-bond donors (Lipinski definition) is 1. The van der Waals surface area contributed by atoms with Crippen molar-refractivity contribution in [3.8, 4) is 0 Å². The van der Waals surface area contributed by atoms with Crippen molar-refractivity contribution in [3.05, 3.63) is 101 Å². The Morgan fingerprint density at radius 1 is 0.900 bits per heavy atom. The van der Waals surface area contributed by atoms with Gasteiger partial charge in [0.05, 0.1) is 11.9 Å². The Kier molecular flexibility index (Phi) is 10.5. The molecule has 40 heavy (non-hydrogen) atoms. The molecule has 0 heterocycles. The van der Waals surface area contributed by atoms with E-state index in [4.69, 9.17) is 0 Å². The van der Waals surface area contributed by atoms with Crippen LogP contribution in [0.3, 0.4) is 0 Å². The lowest BCUT2D eigenvalue weighted by Gasteiger charge is -2.34. The molecule has 0 saturated heterocycles. The van der Waals surface area contributed by atoms with E-state index in [1.54, 1.807) is 44.2 Å². The Morgan fingerprint density at radius 3 is 2.08 bits per heavy atom. The molecule has 3 aromatic rings. The van der Waals surface area contributed by atoms with E-state index in [-0.39, 0.29) is 30.4 Å². The zero-order valence-electron chi connectivity index (χ0n) is 23.7. The third-order valence-corrected chi connectivity index (χ3v) is 7.73. The molecule has 3 rings (SSSR count). The summed E-state index contributed by atoms with van der Waals surface area (Å²) in [5.41, 5.74) is 2.83. The number of benzene rings is 3. The first kappa shape index (κ1) is 30.8. The van der Waals surface area contributed by atoms with E-state index in [0.29, 0.717) is 23.4 Å². The van der Waals surface area contributed by atoms with Gasteiger partial charge in [-0.3, -0.25) is 13.9 Å². The quantitative estimate of drug-likeness (QED) is 0.346. The number of amides is 2. The van der Waals surface area contributed by atoms with Crippen LogP contribution in [0.2, 0.25) is 0 Å². The molecule has 9 heteroatoms. The number of anilines is 1. The number of para-hydroxylation sites is 1. The molecular weight excluding hydrogens is 529 g/mol. The van der Waals surface area contributed by atoms with E-state index in [2.05, 4.69) is 5.32 Å². The van der Waals surface area contributed by atoms with Crippen molar-refractivity contribution < 1.29 is 22.4 Å². The Hall–Kier alpha value is -3.72. The smallest absolute Gasteiger partial charge is 0.244 e. The first-order chi connectivity index (χ1) is 18.9. The maximum absolute atomic E-state index is 14.8. The van der Waals surface area contributed by atoms with Crippen molar-refractivity contribution >= 4 is 27.5 Å². The minimum atomic E-state index is -3.89. The van der Waals surface area contributed by atoms with Crippen LogP contribution in [0, 0.1) is 25.6 Å². The third kappa shape index (κ3) is 8.14. The molecule has 1 N–H and O–H groups in total. The highest BCUT2D eigenvalue weighted by atomic mass is 32.2. The fourth-order valence-corrected chi connectivity index (χ4v) is 5.53. The summed E-state index contributed by atoms with van der Waals surface area (Å²) < 4.78 is 41.9. The number of carbonyl (C=O) groups is 2. The Balaban J connectivity index is 2.09. The highest BCUT2D eigenvalue weighted by molar-refractivity contribution is 7.92. The summed E-state index contributed by atoms with van der Waals surface area (Å²) in [6.45, 7) is 7.12. The van der Waals surface area contributed by atoms with Crippen LogP contribution in [0.1, 0.15) is 36.1 Å². The number of aryl methyl sites for hydroxylation is 2. The molecule has 0 aliphatic carbocycles. The van der Waals surface area contributed by atoms with Crippen molar-refractivity contribution in [2.24, 2.45) is 5.92 Å². The molecule has 0 aliphatic rings. The molecule has 214 valence electrons. The molecule has 0 fully saturated rings. The summed E-state index contributed by atoms with van der Waals surface area (Å²) >= 11 is 0. The highest BCUT2D eigenvalue weighted by Crippen LogP contribution is 2.27. The first-order valence-corrected chi connectivity index (χ1v) is 15.1. The normalized spacial score (nSPS) is 12.2. The molecule has 0 spiro atoms. The monoisotopic (exact) mass is 567 g/mol. The molecule has 0 aliphatic heterocycles. The summed E-state index contributed by atoms with van der Waals surface area (Å²) in [6.07, 6.45) is 1.22.